The second kappa shape index (κ2) is 7.19. The minimum Gasteiger partial charge on any atom is -0.493 e. The van der Waals surface area contributed by atoms with Crippen LogP contribution in [0.2, 0.25) is 0 Å². The Morgan fingerprint density at radius 2 is 2.31 bits per heavy atom. The van der Waals surface area contributed by atoms with Crippen LogP contribution < -0.4 is 4.74 Å². The Kier molecular flexibility index (Phi) is 5.81. The zero-order chi connectivity index (χ0) is 11.8. The summed E-state index contributed by atoms with van der Waals surface area (Å²) in [4.78, 5) is 0. The van der Waals surface area contributed by atoms with Crippen LogP contribution in [0.15, 0.2) is 24.3 Å². The molecule has 1 unspecified atom stereocenters. The first-order valence-electron chi connectivity index (χ1n) is 5.54. The van der Waals surface area contributed by atoms with E-state index in [0.29, 0.717) is 18.1 Å². The molecule has 16 heavy (non-hydrogen) atoms. The number of nitrogens with zero attached hydrogens (tertiary/aromatic N) is 1. The van der Waals surface area contributed by atoms with E-state index in [0.717, 1.165) is 24.3 Å². The highest BCUT2D eigenvalue weighted by Crippen LogP contribution is 2.15. The number of benzene rings is 1. The van der Waals surface area contributed by atoms with Gasteiger partial charge in [-0.3, -0.25) is 0 Å². The molecule has 1 aromatic carbocycles. The highest BCUT2D eigenvalue weighted by molar-refractivity contribution is 7.80. The molecule has 2 nitrogen and oxygen atoms in total. The number of hydrogen-bond donors (Lipinski definition) is 1. The van der Waals surface area contributed by atoms with Gasteiger partial charge in [0.05, 0.1) is 18.2 Å². The van der Waals surface area contributed by atoms with Gasteiger partial charge < -0.3 is 4.74 Å². The van der Waals surface area contributed by atoms with E-state index in [1.165, 1.54) is 0 Å². The third-order valence-corrected chi connectivity index (χ3v) is 2.92. The van der Waals surface area contributed by atoms with E-state index in [-0.39, 0.29) is 0 Å². The van der Waals surface area contributed by atoms with Gasteiger partial charge in [0.15, 0.2) is 0 Å². The van der Waals surface area contributed by atoms with Crippen LogP contribution in [0.4, 0.5) is 0 Å². The van der Waals surface area contributed by atoms with E-state index in [1.807, 2.05) is 12.1 Å². The van der Waals surface area contributed by atoms with E-state index < -0.39 is 0 Å². The van der Waals surface area contributed by atoms with Crippen molar-refractivity contribution in [3.8, 4) is 11.8 Å². The van der Waals surface area contributed by atoms with E-state index >= 15 is 0 Å². The molecule has 0 saturated carbocycles. The topological polar surface area (TPSA) is 33.0 Å². The first-order chi connectivity index (χ1) is 7.80. The normalized spacial score (nSPS) is 11.8. The van der Waals surface area contributed by atoms with Gasteiger partial charge in [-0.15, -0.1) is 0 Å². The Morgan fingerprint density at radius 3 is 2.94 bits per heavy atom. The van der Waals surface area contributed by atoms with Gasteiger partial charge in [0.25, 0.3) is 0 Å². The Bertz CT molecular complexity index is 359. The Balaban J connectivity index is 2.50. The molecule has 0 aliphatic heterocycles. The van der Waals surface area contributed by atoms with Crippen LogP contribution in [0.25, 0.3) is 0 Å². The molecular weight excluding hydrogens is 218 g/mol. The van der Waals surface area contributed by atoms with Crippen molar-refractivity contribution in [2.75, 3.05) is 12.4 Å². The van der Waals surface area contributed by atoms with Crippen molar-refractivity contribution < 1.29 is 4.74 Å². The lowest BCUT2D eigenvalue weighted by Gasteiger charge is -2.14. The highest BCUT2D eigenvalue weighted by atomic mass is 32.1. The zero-order valence-corrected chi connectivity index (χ0v) is 10.4. The molecule has 1 rings (SSSR count). The van der Waals surface area contributed by atoms with Crippen molar-refractivity contribution in [3.05, 3.63) is 29.8 Å². The van der Waals surface area contributed by atoms with Gasteiger partial charge in [0.2, 0.25) is 0 Å². The summed E-state index contributed by atoms with van der Waals surface area (Å²) in [5.74, 6) is 2.09. The van der Waals surface area contributed by atoms with Crippen LogP contribution in [0.1, 0.15) is 25.3 Å². The maximum absolute atomic E-state index is 8.75. The average Bonchev–Trinajstić information content (AvgIpc) is 2.34. The molecule has 1 atom stereocenters. The fourth-order valence-corrected chi connectivity index (χ4v) is 1.79. The van der Waals surface area contributed by atoms with Gasteiger partial charge in [0, 0.05) is 5.92 Å². The standard InChI is InChI=1S/C13H17NOS/c1-2-4-12(10-16)9-15-13-6-3-5-11(7-13)8-14/h3,5-7,12,16H,2,4,9-10H2,1H3. The molecular formula is C13H17NOS. The lowest BCUT2D eigenvalue weighted by atomic mass is 10.1. The fourth-order valence-electron chi connectivity index (χ4n) is 1.51. The molecule has 0 saturated heterocycles. The van der Waals surface area contributed by atoms with Crippen molar-refractivity contribution in [1.82, 2.24) is 0 Å². The lowest BCUT2D eigenvalue weighted by Crippen LogP contribution is -2.13. The van der Waals surface area contributed by atoms with Gasteiger partial charge in [-0.2, -0.15) is 17.9 Å². The van der Waals surface area contributed by atoms with Gasteiger partial charge >= 0.3 is 0 Å². The van der Waals surface area contributed by atoms with Crippen LogP contribution in [0.5, 0.6) is 5.75 Å². The van der Waals surface area contributed by atoms with Crippen molar-refractivity contribution >= 4 is 12.6 Å². The molecule has 0 heterocycles. The van der Waals surface area contributed by atoms with Crippen LogP contribution in [-0.4, -0.2) is 12.4 Å². The largest absolute Gasteiger partial charge is 0.493 e. The molecule has 0 aliphatic carbocycles. The first-order valence-corrected chi connectivity index (χ1v) is 6.17. The molecule has 0 spiro atoms. The third kappa shape index (κ3) is 4.16. The quantitative estimate of drug-likeness (QED) is 0.768. The van der Waals surface area contributed by atoms with Gasteiger partial charge in [-0.1, -0.05) is 19.4 Å². The summed E-state index contributed by atoms with van der Waals surface area (Å²) in [5.41, 5.74) is 0.635. The molecule has 0 amide bonds. The molecule has 0 radical (unpaired) electrons. The summed E-state index contributed by atoms with van der Waals surface area (Å²) in [6, 6.07) is 9.35. The van der Waals surface area contributed by atoms with Crippen LogP contribution in [0, 0.1) is 17.2 Å². The summed E-state index contributed by atoms with van der Waals surface area (Å²) in [7, 11) is 0. The Hall–Kier alpha value is -1.14. The van der Waals surface area contributed by atoms with Gasteiger partial charge in [-0.05, 0) is 30.4 Å². The maximum atomic E-state index is 8.75. The molecule has 0 N–H and O–H groups in total. The summed E-state index contributed by atoms with van der Waals surface area (Å²) >= 11 is 4.30. The summed E-state index contributed by atoms with van der Waals surface area (Å²) in [6.07, 6.45) is 2.27. The van der Waals surface area contributed by atoms with E-state index in [2.05, 4.69) is 25.6 Å². The van der Waals surface area contributed by atoms with Crippen molar-refractivity contribution in [2.24, 2.45) is 5.92 Å². The summed E-state index contributed by atoms with van der Waals surface area (Å²) < 4.78 is 5.65. The Labute approximate surface area is 103 Å². The monoisotopic (exact) mass is 235 g/mol. The van der Waals surface area contributed by atoms with E-state index in [4.69, 9.17) is 10.00 Å². The number of hydrogen-bond acceptors (Lipinski definition) is 3. The SMILES string of the molecule is CCCC(CS)COc1cccc(C#N)c1. The van der Waals surface area contributed by atoms with Gasteiger partial charge in [0.1, 0.15) is 5.75 Å². The van der Waals surface area contributed by atoms with Crippen LogP contribution >= 0.6 is 12.6 Å². The molecule has 0 aromatic heterocycles. The maximum Gasteiger partial charge on any atom is 0.120 e. The molecule has 0 aliphatic rings. The first kappa shape index (κ1) is 12.9. The smallest absolute Gasteiger partial charge is 0.120 e. The van der Waals surface area contributed by atoms with Crippen LogP contribution in [-0.2, 0) is 0 Å². The van der Waals surface area contributed by atoms with Crippen LogP contribution in [0.3, 0.4) is 0 Å². The Morgan fingerprint density at radius 1 is 1.50 bits per heavy atom. The fraction of sp³-hybridized carbons (Fsp3) is 0.462. The van der Waals surface area contributed by atoms with E-state index in [1.54, 1.807) is 12.1 Å². The second-order valence-corrected chi connectivity index (χ2v) is 4.15. The molecule has 1 aromatic rings. The van der Waals surface area contributed by atoms with Crippen molar-refractivity contribution in [3.63, 3.8) is 0 Å². The second-order valence-electron chi connectivity index (χ2n) is 3.79. The number of ether oxygens (including phenoxy) is 1. The van der Waals surface area contributed by atoms with Crippen molar-refractivity contribution in [1.29, 1.82) is 5.26 Å². The predicted molar refractivity (Wildman–Crippen MR) is 68.9 cm³/mol. The third-order valence-electron chi connectivity index (χ3n) is 2.40. The molecule has 0 fully saturated rings. The number of nitriles is 1. The number of rotatable bonds is 6. The number of thiol groups is 1. The summed E-state index contributed by atoms with van der Waals surface area (Å²) in [6.45, 7) is 2.83. The van der Waals surface area contributed by atoms with E-state index in [9.17, 15) is 0 Å². The zero-order valence-electron chi connectivity index (χ0n) is 9.52. The predicted octanol–water partition coefficient (Wildman–Crippen LogP) is 3.28. The molecule has 0 bridgehead atoms. The minimum absolute atomic E-state index is 0.485. The highest BCUT2D eigenvalue weighted by Gasteiger charge is 2.06. The molecule has 86 valence electrons. The van der Waals surface area contributed by atoms with Gasteiger partial charge in [-0.25, -0.2) is 0 Å². The lowest BCUT2D eigenvalue weighted by molar-refractivity contribution is 0.254. The minimum atomic E-state index is 0.485. The molecule has 3 heteroatoms. The average molecular weight is 235 g/mol. The van der Waals surface area contributed by atoms with Crippen molar-refractivity contribution in [2.45, 2.75) is 19.8 Å². The summed E-state index contributed by atoms with van der Waals surface area (Å²) in [5, 5.41) is 8.75.